The average molecular weight is 301 g/mol. The van der Waals surface area contributed by atoms with Crippen LogP contribution >= 0.6 is 15.9 Å². The monoisotopic (exact) mass is 300 g/mol. The van der Waals surface area contributed by atoms with E-state index in [-0.39, 0.29) is 11.3 Å². The molecule has 1 heterocycles. The summed E-state index contributed by atoms with van der Waals surface area (Å²) in [5.74, 6) is 0.347. The number of amides is 1. The topological polar surface area (TPSA) is 51.2 Å². The van der Waals surface area contributed by atoms with Gasteiger partial charge in [-0.15, -0.1) is 0 Å². The van der Waals surface area contributed by atoms with Crippen LogP contribution in [-0.4, -0.2) is 29.9 Å². The second kappa shape index (κ2) is 6.00. The first-order valence-electron chi connectivity index (χ1n) is 5.32. The molecule has 0 aromatic carbocycles. The number of nitrogens with one attached hydrogen (secondary N) is 1. The van der Waals surface area contributed by atoms with Gasteiger partial charge < -0.3 is 10.1 Å². The van der Waals surface area contributed by atoms with E-state index in [1.165, 1.54) is 13.3 Å². The first-order chi connectivity index (χ1) is 8.00. The van der Waals surface area contributed by atoms with Crippen molar-refractivity contribution in [1.29, 1.82) is 0 Å². The maximum Gasteiger partial charge on any atom is 0.255 e. The van der Waals surface area contributed by atoms with Crippen LogP contribution in [0.2, 0.25) is 0 Å². The molecule has 1 amide bonds. The summed E-state index contributed by atoms with van der Waals surface area (Å²) < 4.78 is 5.09. The Labute approximate surface area is 110 Å². The Bertz CT molecular complexity index is 394. The van der Waals surface area contributed by atoms with Gasteiger partial charge in [0.2, 0.25) is 0 Å². The molecular weight excluding hydrogens is 284 g/mol. The Hall–Kier alpha value is -1.10. The number of nitrogens with zero attached hydrogens (tertiary/aromatic N) is 1. The second-order valence-electron chi connectivity index (χ2n) is 4.56. The highest BCUT2D eigenvalue weighted by atomic mass is 79.9. The predicted octanol–water partition coefficient (Wildman–Crippen LogP) is 2.24. The summed E-state index contributed by atoms with van der Waals surface area (Å²) in [6, 6.07) is 1.65. The number of methoxy groups -OCH3 is 1. The zero-order chi connectivity index (χ0) is 12.9. The number of carbonyl (C=O) groups is 1. The zero-order valence-corrected chi connectivity index (χ0v) is 11.9. The minimum atomic E-state index is -0.140. The third-order valence-corrected chi connectivity index (χ3v) is 3.86. The summed E-state index contributed by atoms with van der Waals surface area (Å²) in [5.41, 5.74) is 0.531. The first-order valence-corrected chi connectivity index (χ1v) is 6.44. The Morgan fingerprint density at radius 2 is 2.29 bits per heavy atom. The molecule has 1 aromatic rings. The van der Waals surface area contributed by atoms with Gasteiger partial charge in [0, 0.05) is 18.1 Å². The molecule has 94 valence electrons. The van der Waals surface area contributed by atoms with Crippen LogP contribution in [0, 0.1) is 5.41 Å². The molecule has 0 saturated heterocycles. The van der Waals surface area contributed by atoms with Crippen LogP contribution < -0.4 is 10.1 Å². The molecule has 0 atom stereocenters. The summed E-state index contributed by atoms with van der Waals surface area (Å²) >= 11 is 3.42. The number of alkyl halides is 1. The van der Waals surface area contributed by atoms with E-state index in [9.17, 15) is 4.79 Å². The highest BCUT2D eigenvalue weighted by Crippen LogP contribution is 2.18. The van der Waals surface area contributed by atoms with Crippen molar-refractivity contribution in [1.82, 2.24) is 10.3 Å². The maximum atomic E-state index is 12.0. The highest BCUT2D eigenvalue weighted by Gasteiger charge is 2.19. The lowest BCUT2D eigenvalue weighted by Crippen LogP contribution is -2.35. The molecule has 4 nitrogen and oxygen atoms in total. The van der Waals surface area contributed by atoms with Gasteiger partial charge in [0.15, 0.2) is 0 Å². The number of hydrogen-bond acceptors (Lipinski definition) is 3. The lowest BCUT2D eigenvalue weighted by atomic mass is 9.97. The average Bonchev–Trinajstić information content (AvgIpc) is 2.36. The maximum absolute atomic E-state index is 12.0. The van der Waals surface area contributed by atoms with E-state index in [4.69, 9.17) is 4.74 Å². The molecule has 0 aliphatic heterocycles. The van der Waals surface area contributed by atoms with Crippen molar-refractivity contribution in [2.24, 2.45) is 5.41 Å². The Balaban J connectivity index is 2.70. The molecule has 1 rings (SSSR count). The minimum absolute atomic E-state index is 0.0237. The summed E-state index contributed by atoms with van der Waals surface area (Å²) in [7, 11) is 1.52. The largest absolute Gasteiger partial charge is 0.494 e. The molecule has 0 spiro atoms. The van der Waals surface area contributed by atoms with Gasteiger partial charge in [0.25, 0.3) is 5.91 Å². The van der Waals surface area contributed by atoms with Crippen LogP contribution in [0.1, 0.15) is 24.2 Å². The van der Waals surface area contributed by atoms with Crippen LogP contribution in [0.25, 0.3) is 0 Å². The number of ether oxygens (including phenoxy) is 1. The van der Waals surface area contributed by atoms with Crippen LogP contribution in [-0.2, 0) is 0 Å². The lowest BCUT2D eigenvalue weighted by molar-refractivity contribution is 0.0937. The third kappa shape index (κ3) is 4.00. The van der Waals surface area contributed by atoms with Crippen molar-refractivity contribution in [3.63, 3.8) is 0 Å². The molecule has 0 bridgehead atoms. The molecular formula is C12H17BrN2O2. The Kier molecular flexibility index (Phi) is 4.93. The van der Waals surface area contributed by atoms with Crippen molar-refractivity contribution in [2.75, 3.05) is 19.0 Å². The van der Waals surface area contributed by atoms with Gasteiger partial charge in [-0.3, -0.25) is 9.78 Å². The minimum Gasteiger partial charge on any atom is -0.494 e. The lowest BCUT2D eigenvalue weighted by Gasteiger charge is -2.22. The third-order valence-electron chi connectivity index (χ3n) is 2.34. The summed E-state index contributed by atoms with van der Waals surface area (Å²) in [5, 5.41) is 3.72. The van der Waals surface area contributed by atoms with Crippen LogP contribution in [0.4, 0.5) is 0 Å². The number of aromatic nitrogens is 1. The van der Waals surface area contributed by atoms with Gasteiger partial charge in [0.1, 0.15) is 5.75 Å². The predicted molar refractivity (Wildman–Crippen MR) is 70.7 cm³/mol. The van der Waals surface area contributed by atoms with Crippen LogP contribution in [0.5, 0.6) is 5.75 Å². The van der Waals surface area contributed by atoms with E-state index in [2.05, 4.69) is 40.1 Å². The number of hydrogen-bond donors (Lipinski definition) is 1. The summed E-state index contributed by atoms with van der Waals surface area (Å²) in [6.07, 6.45) is 3.11. The van der Waals surface area contributed by atoms with Gasteiger partial charge in [0.05, 0.1) is 18.9 Å². The second-order valence-corrected chi connectivity index (χ2v) is 5.12. The highest BCUT2D eigenvalue weighted by molar-refractivity contribution is 9.09. The number of rotatable bonds is 5. The van der Waals surface area contributed by atoms with Crippen LogP contribution in [0.3, 0.4) is 0 Å². The van der Waals surface area contributed by atoms with Crippen molar-refractivity contribution in [3.8, 4) is 5.75 Å². The fourth-order valence-corrected chi connectivity index (χ4v) is 1.39. The van der Waals surface area contributed by atoms with Crippen molar-refractivity contribution < 1.29 is 9.53 Å². The van der Waals surface area contributed by atoms with Crippen LogP contribution in [0.15, 0.2) is 18.5 Å². The van der Waals surface area contributed by atoms with Gasteiger partial charge in [-0.1, -0.05) is 29.8 Å². The van der Waals surface area contributed by atoms with Gasteiger partial charge in [-0.05, 0) is 11.5 Å². The van der Waals surface area contributed by atoms with E-state index in [0.717, 1.165) is 5.33 Å². The quantitative estimate of drug-likeness (QED) is 0.849. The molecule has 0 unspecified atom stereocenters. The Morgan fingerprint density at radius 3 is 2.88 bits per heavy atom. The number of carbonyl (C=O) groups excluding carboxylic acids is 1. The van der Waals surface area contributed by atoms with Crippen molar-refractivity contribution in [3.05, 3.63) is 24.0 Å². The number of pyridine rings is 1. The smallest absolute Gasteiger partial charge is 0.255 e. The van der Waals surface area contributed by atoms with Gasteiger partial charge >= 0.3 is 0 Å². The molecule has 5 heteroatoms. The standard InChI is InChI=1S/C12H17BrN2O2/c1-12(2,7-13)8-15-11(16)9-4-5-14-6-10(9)17-3/h4-6H,7-8H2,1-3H3,(H,15,16). The number of halogens is 1. The van der Waals surface area contributed by atoms with E-state index >= 15 is 0 Å². The molecule has 1 N–H and O–H groups in total. The molecule has 17 heavy (non-hydrogen) atoms. The fraction of sp³-hybridized carbons (Fsp3) is 0.500. The van der Waals surface area contributed by atoms with Gasteiger partial charge in [-0.2, -0.15) is 0 Å². The fourth-order valence-electron chi connectivity index (χ4n) is 1.19. The molecule has 0 saturated carbocycles. The Morgan fingerprint density at radius 1 is 1.59 bits per heavy atom. The SMILES string of the molecule is COc1cnccc1C(=O)NCC(C)(C)CBr. The van der Waals surface area contributed by atoms with Crippen molar-refractivity contribution in [2.45, 2.75) is 13.8 Å². The molecule has 0 aliphatic rings. The van der Waals surface area contributed by atoms with Crippen molar-refractivity contribution >= 4 is 21.8 Å². The summed E-state index contributed by atoms with van der Waals surface area (Å²) in [6.45, 7) is 4.75. The molecule has 0 radical (unpaired) electrons. The van der Waals surface area contributed by atoms with Gasteiger partial charge in [-0.25, -0.2) is 0 Å². The van der Waals surface area contributed by atoms with E-state index in [1.807, 2.05) is 0 Å². The molecule has 0 aliphatic carbocycles. The zero-order valence-electron chi connectivity index (χ0n) is 10.3. The first kappa shape index (κ1) is 14.0. The molecule has 0 fully saturated rings. The van der Waals surface area contributed by atoms with E-state index in [1.54, 1.807) is 12.3 Å². The van der Waals surface area contributed by atoms with E-state index < -0.39 is 0 Å². The van der Waals surface area contributed by atoms with E-state index in [0.29, 0.717) is 17.9 Å². The summed E-state index contributed by atoms with van der Waals surface area (Å²) in [4.78, 5) is 15.9. The molecule has 1 aromatic heterocycles. The normalized spacial score (nSPS) is 11.1.